The van der Waals surface area contributed by atoms with Crippen LogP contribution in [0, 0.1) is 6.92 Å². The van der Waals surface area contributed by atoms with E-state index >= 15 is 0 Å². The van der Waals surface area contributed by atoms with Gasteiger partial charge in [-0.25, -0.2) is 15.0 Å². The summed E-state index contributed by atoms with van der Waals surface area (Å²) in [4.78, 5) is 21.0. The molecule has 0 radical (unpaired) electrons. The van der Waals surface area contributed by atoms with Gasteiger partial charge in [0.05, 0.1) is 24.4 Å². The molecule has 7 nitrogen and oxygen atoms in total. The maximum absolute atomic E-state index is 5.09. The highest BCUT2D eigenvalue weighted by Crippen LogP contribution is 2.29. The van der Waals surface area contributed by atoms with E-state index in [1.807, 2.05) is 36.7 Å². The molecule has 1 aromatic carbocycles. The van der Waals surface area contributed by atoms with Crippen molar-refractivity contribution >= 4 is 17.1 Å². The van der Waals surface area contributed by atoms with E-state index in [9.17, 15) is 0 Å². The number of aryl methyl sites for hydroxylation is 2. The number of aromatic nitrogens is 6. The van der Waals surface area contributed by atoms with Crippen LogP contribution in [0.3, 0.4) is 0 Å². The lowest BCUT2D eigenvalue weighted by Gasteiger charge is -2.21. The first kappa shape index (κ1) is 20.7. The minimum absolute atomic E-state index is 0.110. The van der Waals surface area contributed by atoms with E-state index < -0.39 is 0 Å². The van der Waals surface area contributed by atoms with Crippen molar-refractivity contribution in [2.45, 2.75) is 52.0 Å². The van der Waals surface area contributed by atoms with Crippen LogP contribution in [0.25, 0.3) is 11.2 Å². The molecule has 1 aliphatic heterocycles. The van der Waals surface area contributed by atoms with Crippen LogP contribution in [0.4, 0.5) is 5.95 Å². The van der Waals surface area contributed by atoms with Crippen LogP contribution in [-0.4, -0.2) is 42.2 Å². The fourth-order valence-electron chi connectivity index (χ4n) is 4.55. The van der Waals surface area contributed by atoms with Gasteiger partial charge >= 0.3 is 0 Å². The molecule has 0 spiro atoms. The molecular weight excluding hydrogens is 398 g/mol. The second-order valence-electron chi connectivity index (χ2n) is 9.96. The zero-order valence-corrected chi connectivity index (χ0v) is 19.6. The van der Waals surface area contributed by atoms with Crippen LogP contribution < -0.4 is 4.90 Å². The Bertz CT molecular complexity index is 1250. The number of anilines is 1. The average molecular weight is 430 g/mol. The van der Waals surface area contributed by atoms with E-state index in [-0.39, 0.29) is 5.41 Å². The molecule has 3 aromatic heterocycles. The standard InChI is InChI=1S/C25H31N7/c1-17-6-7-19(25(2,3)4)12-18(17)13-21-22-23(27-16-30(22)5)29-24(28-21)31-10-8-20(14-31)32-11-9-26-15-32/h6-7,9,11-12,15-16,20H,8,10,13-14H2,1-5H3. The molecule has 0 aliphatic carbocycles. The molecule has 0 bridgehead atoms. The zero-order chi connectivity index (χ0) is 22.5. The highest BCUT2D eigenvalue weighted by Gasteiger charge is 2.27. The predicted octanol–water partition coefficient (Wildman–Crippen LogP) is 4.21. The molecule has 1 atom stereocenters. The van der Waals surface area contributed by atoms with E-state index in [4.69, 9.17) is 9.97 Å². The van der Waals surface area contributed by atoms with Crippen molar-refractivity contribution in [2.75, 3.05) is 18.0 Å². The van der Waals surface area contributed by atoms with E-state index in [0.717, 1.165) is 48.7 Å². The summed E-state index contributed by atoms with van der Waals surface area (Å²) >= 11 is 0. The van der Waals surface area contributed by atoms with Gasteiger partial charge in [-0.05, 0) is 35.4 Å². The Morgan fingerprint density at radius 2 is 1.97 bits per heavy atom. The molecule has 0 amide bonds. The lowest BCUT2D eigenvalue weighted by Crippen LogP contribution is -2.23. The summed E-state index contributed by atoms with van der Waals surface area (Å²) in [6.45, 7) is 10.8. The SMILES string of the molecule is Cc1ccc(C(C)(C)C)cc1Cc1nc(N2CCC(n3ccnc3)C2)nc2ncn(C)c12. The largest absolute Gasteiger partial charge is 0.339 e. The van der Waals surface area contributed by atoms with Gasteiger partial charge < -0.3 is 14.0 Å². The molecule has 1 aliphatic rings. The molecule has 7 heteroatoms. The fourth-order valence-corrected chi connectivity index (χ4v) is 4.55. The molecule has 1 saturated heterocycles. The van der Waals surface area contributed by atoms with Crippen molar-refractivity contribution in [1.29, 1.82) is 0 Å². The smallest absolute Gasteiger partial charge is 0.227 e. The Labute approximate surface area is 189 Å². The van der Waals surface area contributed by atoms with Gasteiger partial charge in [0.2, 0.25) is 5.95 Å². The van der Waals surface area contributed by atoms with Crippen molar-refractivity contribution in [3.63, 3.8) is 0 Å². The average Bonchev–Trinajstić information content (AvgIpc) is 3.49. The van der Waals surface area contributed by atoms with Gasteiger partial charge in [0.1, 0.15) is 5.52 Å². The van der Waals surface area contributed by atoms with Crippen LogP contribution in [0.1, 0.15) is 55.6 Å². The summed E-state index contributed by atoms with van der Waals surface area (Å²) in [5.74, 6) is 0.776. The normalized spacial score (nSPS) is 16.9. The van der Waals surface area contributed by atoms with Crippen molar-refractivity contribution in [1.82, 2.24) is 29.1 Å². The highest BCUT2D eigenvalue weighted by atomic mass is 15.3. The van der Waals surface area contributed by atoms with Gasteiger partial charge in [-0.1, -0.05) is 39.0 Å². The third-order valence-corrected chi connectivity index (χ3v) is 6.60. The Kier molecular flexibility index (Phi) is 4.99. The Morgan fingerprint density at radius 1 is 1.12 bits per heavy atom. The second-order valence-corrected chi connectivity index (χ2v) is 9.96. The molecule has 5 rings (SSSR count). The molecule has 0 N–H and O–H groups in total. The monoisotopic (exact) mass is 429 g/mol. The van der Waals surface area contributed by atoms with Crippen LogP contribution in [0.2, 0.25) is 0 Å². The number of imidazole rings is 2. The summed E-state index contributed by atoms with van der Waals surface area (Å²) in [5, 5.41) is 0. The van der Waals surface area contributed by atoms with E-state index in [1.54, 1.807) is 0 Å². The molecule has 166 valence electrons. The summed E-state index contributed by atoms with van der Waals surface area (Å²) in [7, 11) is 2.02. The first-order chi connectivity index (χ1) is 15.3. The number of hydrogen-bond donors (Lipinski definition) is 0. The van der Waals surface area contributed by atoms with Gasteiger partial charge in [0, 0.05) is 39.0 Å². The van der Waals surface area contributed by atoms with Crippen molar-refractivity contribution in [2.24, 2.45) is 7.05 Å². The summed E-state index contributed by atoms with van der Waals surface area (Å²) in [6, 6.07) is 7.21. The maximum Gasteiger partial charge on any atom is 0.227 e. The zero-order valence-electron chi connectivity index (χ0n) is 19.6. The molecule has 4 aromatic rings. The van der Waals surface area contributed by atoms with Gasteiger partial charge in [-0.15, -0.1) is 0 Å². The van der Waals surface area contributed by atoms with E-state index in [1.165, 1.54) is 16.7 Å². The van der Waals surface area contributed by atoms with Crippen LogP contribution in [0.15, 0.2) is 43.2 Å². The minimum Gasteiger partial charge on any atom is -0.339 e. The first-order valence-electron chi connectivity index (χ1n) is 11.3. The van der Waals surface area contributed by atoms with Crippen LogP contribution in [-0.2, 0) is 18.9 Å². The van der Waals surface area contributed by atoms with Crippen molar-refractivity contribution in [3.05, 3.63) is 65.6 Å². The summed E-state index contributed by atoms with van der Waals surface area (Å²) in [5.41, 5.74) is 6.86. The fraction of sp³-hybridized carbons (Fsp3) is 0.440. The van der Waals surface area contributed by atoms with Crippen LogP contribution in [0.5, 0.6) is 0 Å². The molecule has 1 unspecified atom stereocenters. The van der Waals surface area contributed by atoms with E-state index in [2.05, 4.69) is 65.3 Å². The number of hydrogen-bond acceptors (Lipinski definition) is 5. The third kappa shape index (κ3) is 3.76. The lowest BCUT2D eigenvalue weighted by molar-refractivity contribution is 0.551. The topological polar surface area (TPSA) is 64.7 Å². The molecule has 32 heavy (non-hydrogen) atoms. The van der Waals surface area contributed by atoms with Crippen molar-refractivity contribution in [3.8, 4) is 0 Å². The lowest BCUT2D eigenvalue weighted by atomic mass is 9.84. The number of rotatable bonds is 4. The predicted molar refractivity (Wildman–Crippen MR) is 127 cm³/mol. The minimum atomic E-state index is 0.110. The highest BCUT2D eigenvalue weighted by molar-refractivity contribution is 5.75. The second kappa shape index (κ2) is 7.73. The number of fused-ring (bicyclic) bond motifs is 1. The van der Waals surface area contributed by atoms with Gasteiger partial charge in [0.15, 0.2) is 5.65 Å². The Morgan fingerprint density at radius 3 is 2.72 bits per heavy atom. The molecular formula is C25H31N7. The molecule has 0 saturated carbocycles. The number of nitrogens with zero attached hydrogens (tertiary/aromatic N) is 7. The van der Waals surface area contributed by atoms with Crippen LogP contribution >= 0.6 is 0 Å². The molecule has 1 fully saturated rings. The van der Waals surface area contributed by atoms with E-state index in [0.29, 0.717) is 6.04 Å². The first-order valence-corrected chi connectivity index (χ1v) is 11.3. The van der Waals surface area contributed by atoms with Gasteiger partial charge in [-0.2, -0.15) is 4.98 Å². The summed E-state index contributed by atoms with van der Waals surface area (Å²) in [6.07, 6.45) is 9.43. The third-order valence-electron chi connectivity index (χ3n) is 6.60. The Balaban J connectivity index is 1.52. The quantitative estimate of drug-likeness (QED) is 0.486. The number of benzene rings is 1. The van der Waals surface area contributed by atoms with Gasteiger partial charge in [-0.3, -0.25) is 0 Å². The maximum atomic E-state index is 5.09. The Hall–Kier alpha value is -3.22. The van der Waals surface area contributed by atoms with Gasteiger partial charge in [0.25, 0.3) is 0 Å². The molecule has 4 heterocycles. The summed E-state index contributed by atoms with van der Waals surface area (Å²) < 4.78 is 4.22. The van der Waals surface area contributed by atoms with Crippen molar-refractivity contribution < 1.29 is 0 Å².